The molecule has 0 aliphatic carbocycles. The third kappa shape index (κ3) is 6.83. The molecule has 0 atom stereocenters. The van der Waals surface area contributed by atoms with Gasteiger partial charge in [0.2, 0.25) is 0 Å². The number of carbonyl (C=O) groups is 1. The van der Waals surface area contributed by atoms with E-state index in [0.717, 1.165) is 73.2 Å². The number of carbonyl (C=O) groups excluding carboxylic acids is 1. The number of likely N-dealkylation sites (N-methyl/N-ethyl adjacent to an activating group) is 1. The summed E-state index contributed by atoms with van der Waals surface area (Å²) in [6.07, 6.45) is 1.87. The summed E-state index contributed by atoms with van der Waals surface area (Å²) in [4.78, 5) is 18.6. The van der Waals surface area contributed by atoms with Crippen molar-refractivity contribution in [3.63, 3.8) is 0 Å². The van der Waals surface area contributed by atoms with Crippen LogP contribution in [0.4, 0.5) is 26.0 Å². The number of ether oxygens (including phenoxy) is 1. The Morgan fingerprint density at radius 2 is 1.73 bits per heavy atom. The zero-order valence-electron chi connectivity index (χ0n) is 26.7. The van der Waals surface area contributed by atoms with Crippen LogP contribution in [0.1, 0.15) is 34.3 Å². The van der Waals surface area contributed by atoms with Crippen molar-refractivity contribution in [1.82, 2.24) is 15.1 Å². The molecule has 1 amide bonds. The summed E-state index contributed by atoms with van der Waals surface area (Å²) < 4.78 is 34.1. The first-order valence-corrected chi connectivity index (χ1v) is 16.3. The van der Waals surface area contributed by atoms with E-state index in [4.69, 9.17) is 4.74 Å². The number of halogens is 2. The van der Waals surface area contributed by atoms with E-state index in [2.05, 4.69) is 43.7 Å². The number of phenolic OH excluding ortho intramolecular Hbond substituents is 1. The normalized spacial score (nSPS) is 15.9. The van der Waals surface area contributed by atoms with Gasteiger partial charge in [-0.3, -0.25) is 9.89 Å². The highest BCUT2D eigenvalue weighted by molar-refractivity contribution is 6.11. The lowest BCUT2D eigenvalue weighted by atomic mass is 9.93. The van der Waals surface area contributed by atoms with Crippen molar-refractivity contribution in [3.8, 4) is 16.9 Å². The van der Waals surface area contributed by atoms with Crippen molar-refractivity contribution >= 4 is 34.0 Å². The number of hydrogen-bond acceptors (Lipinski definition) is 7. The maximum absolute atomic E-state index is 14.8. The van der Waals surface area contributed by atoms with Gasteiger partial charge in [-0.2, -0.15) is 5.10 Å². The Balaban J connectivity index is 1.22. The molecule has 5 aromatic rings. The minimum absolute atomic E-state index is 0.125. The number of fused-ring (bicyclic) bond motifs is 1. The Morgan fingerprint density at radius 1 is 0.958 bits per heavy atom. The first kappa shape index (κ1) is 31.6. The van der Waals surface area contributed by atoms with Crippen molar-refractivity contribution in [2.45, 2.75) is 25.3 Å². The smallest absolute Gasteiger partial charge is 0.258 e. The Morgan fingerprint density at radius 3 is 2.48 bits per heavy atom. The number of nitrogens with zero attached hydrogens (tertiary/aromatic N) is 3. The summed E-state index contributed by atoms with van der Waals surface area (Å²) in [6, 6.07) is 20.2. The standard InChI is InChI=1S/C37H38F2N6O3/c1-44-12-14-45(15-13-44)28-6-9-30(34(21-28)40-27-10-16-48-17-11-27)37(47)41-36-32-19-25(18-24-2-5-26(38)20-33(24)39)31(22-35(32)42-43-36)23-3-7-29(46)8-4-23/h2-9,19-22,27,40,46H,10-18H2,1H3,(H2,41,42,43,47). The number of piperazine rings is 1. The van der Waals surface area contributed by atoms with Crippen LogP contribution in [0.2, 0.25) is 0 Å². The monoisotopic (exact) mass is 652 g/mol. The van der Waals surface area contributed by atoms with Crippen LogP contribution in [0.15, 0.2) is 72.8 Å². The van der Waals surface area contributed by atoms with Gasteiger partial charge >= 0.3 is 0 Å². The van der Waals surface area contributed by atoms with Crippen molar-refractivity contribution in [1.29, 1.82) is 0 Å². The van der Waals surface area contributed by atoms with Crippen molar-refractivity contribution < 1.29 is 23.4 Å². The van der Waals surface area contributed by atoms with Gasteiger partial charge in [0, 0.05) is 74.7 Å². The molecule has 2 aliphatic heterocycles. The van der Waals surface area contributed by atoms with E-state index < -0.39 is 11.6 Å². The molecule has 4 N–H and O–H groups in total. The molecule has 0 unspecified atom stereocenters. The summed E-state index contributed by atoms with van der Waals surface area (Å²) in [5.41, 5.74) is 5.67. The van der Waals surface area contributed by atoms with Crippen molar-refractivity contribution in [2.75, 3.05) is 62.0 Å². The molecule has 2 fully saturated rings. The van der Waals surface area contributed by atoms with E-state index >= 15 is 0 Å². The van der Waals surface area contributed by atoms with Crippen LogP contribution in [0.3, 0.4) is 0 Å². The number of benzene rings is 4. The van der Waals surface area contributed by atoms with Crippen LogP contribution in [-0.4, -0.2) is 78.6 Å². The predicted octanol–water partition coefficient (Wildman–Crippen LogP) is 6.40. The summed E-state index contributed by atoms with van der Waals surface area (Å²) in [5.74, 6) is -1.13. The van der Waals surface area contributed by atoms with Crippen molar-refractivity contribution in [3.05, 3.63) is 101 Å². The van der Waals surface area contributed by atoms with Gasteiger partial charge in [-0.05, 0) is 90.7 Å². The molecular formula is C37H38F2N6O3. The highest BCUT2D eigenvalue weighted by Crippen LogP contribution is 2.34. The molecule has 48 heavy (non-hydrogen) atoms. The highest BCUT2D eigenvalue weighted by Gasteiger charge is 2.23. The number of aromatic amines is 1. The Labute approximate surface area is 277 Å². The third-order valence-corrected chi connectivity index (χ3v) is 9.29. The fraction of sp³-hybridized carbons (Fsp3) is 0.297. The van der Waals surface area contributed by atoms with Gasteiger partial charge in [-0.25, -0.2) is 8.78 Å². The van der Waals surface area contributed by atoms with Gasteiger partial charge in [-0.1, -0.05) is 18.2 Å². The van der Waals surface area contributed by atoms with Crippen LogP contribution in [0.5, 0.6) is 5.75 Å². The fourth-order valence-electron chi connectivity index (χ4n) is 6.48. The highest BCUT2D eigenvalue weighted by atomic mass is 19.1. The van der Waals surface area contributed by atoms with E-state index in [-0.39, 0.29) is 24.1 Å². The number of anilines is 3. The Kier molecular flexibility index (Phi) is 8.96. The molecule has 0 radical (unpaired) electrons. The SMILES string of the molecule is CN1CCN(c2ccc(C(=O)Nc3n[nH]c4cc(-c5ccc(O)cc5)c(Cc5ccc(F)cc5F)cc34)c(NC3CCOCC3)c2)CC1. The Bertz CT molecular complexity index is 1930. The molecule has 248 valence electrons. The lowest BCUT2D eigenvalue weighted by Crippen LogP contribution is -2.44. The van der Waals surface area contributed by atoms with E-state index in [1.165, 1.54) is 12.1 Å². The quantitative estimate of drug-likeness (QED) is 0.154. The van der Waals surface area contributed by atoms with E-state index in [1.54, 1.807) is 24.3 Å². The number of H-pyrrole nitrogens is 1. The second kappa shape index (κ2) is 13.6. The number of rotatable bonds is 8. The molecule has 1 aromatic heterocycles. The zero-order valence-corrected chi connectivity index (χ0v) is 26.7. The van der Waals surface area contributed by atoms with E-state index in [0.29, 0.717) is 41.1 Å². The molecular weight excluding hydrogens is 614 g/mol. The minimum atomic E-state index is -0.646. The summed E-state index contributed by atoms with van der Waals surface area (Å²) in [5, 5.41) is 24.7. The maximum Gasteiger partial charge on any atom is 0.258 e. The second-order valence-corrected chi connectivity index (χ2v) is 12.6. The molecule has 4 aromatic carbocycles. The average molecular weight is 653 g/mol. The summed E-state index contributed by atoms with van der Waals surface area (Å²) in [6.45, 7) is 5.12. The number of aromatic hydroxyl groups is 1. The first-order valence-electron chi connectivity index (χ1n) is 16.3. The van der Waals surface area contributed by atoms with E-state index in [9.17, 15) is 18.7 Å². The molecule has 9 nitrogen and oxygen atoms in total. The van der Waals surface area contributed by atoms with Crippen LogP contribution >= 0.6 is 0 Å². The second-order valence-electron chi connectivity index (χ2n) is 12.6. The summed E-state index contributed by atoms with van der Waals surface area (Å²) in [7, 11) is 2.12. The number of amides is 1. The number of nitrogens with one attached hydrogen (secondary N) is 3. The van der Waals surface area contributed by atoms with Gasteiger partial charge in [0.1, 0.15) is 17.4 Å². The minimum Gasteiger partial charge on any atom is -0.508 e. The molecule has 2 aliphatic rings. The lowest BCUT2D eigenvalue weighted by Gasteiger charge is -2.34. The first-order chi connectivity index (χ1) is 23.3. The zero-order chi connectivity index (χ0) is 33.2. The van der Waals surface area contributed by atoms with Gasteiger partial charge in [-0.15, -0.1) is 0 Å². The number of hydrogen-bond donors (Lipinski definition) is 4. The largest absolute Gasteiger partial charge is 0.508 e. The van der Waals surface area contributed by atoms with Crippen LogP contribution in [0.25, 0.3) is 22.0 Å². The topological polar surface area (TPSA) is 106 Å². The predicted molar refractivity (Wildman–Crippen MR) is 184 cm³/mol. The summed E-state index contributed by atoms with van der Waals surface area (Å²) >= 11 is 0. The van der Waals surface area contributed by atoms with Gasteiger partial charge in [0.15, 0.2) is 5.82 Å². The number of aromatic nitrogens is 2. The van der Waals surface area contributed by atoms with Crippen LogP contribution in [-0.2, 0) is 11.2 Å². The number of phenols is 1. The molecule has 0 saturated carbocycles. The third-order valence-electron chi connectivity index (χ3n) is 9.29. The fourth-order valence-corrected chi connectivity index (χ4v) is 6.48. The maximum atomic E-state index is 14.8. The molecule has 3 heterocycles. The van der Waals surface area contributed by atoms with Crippen LogP contribution < -0.4 is 15.5 Å². The van der Waals surface area contributed by atoms with Gasteiger partial charge in [0.05, 0.1) is 11.1 Å². The molecule has 0 bridgehead atoms. The molecule has 11 heteroatoms. The average Bonchev–Trinajstić information content (AvgIpc) is 3.47. The Hall–Kier alpha value is -5.00. The van der Waals surface area contributed by atoms with E-state index in [1.807, 2.05) is 24.3 Å². The van der Waals surface area contributed by atoms with Gasteiger partial charge in [0.25, 0.3) is 5.91 Å². The van der Waals surface area contributed by atoms with Gasteiger partial charge < -0.3 is 30.3 Å². The van der Waals surface area contributed by atoms with Crippen LogP contribution in [0, 0.1) is 11.6 Å². The molecule has 0 spiro atoms. The lowest BCUT2D eigenvalue weighted by molar-refractivity contribution is 0.0904. The molecule has 7 rings (SSSR count). The van der Waals surface area contributed by atoms with Crippen molar-refractivity contribution in [2.24, 2.45) is 0 Å². The molecule has 2 saturated heterocycles.